The van der Waals surface area contributed by atoms with E-state index in [9.17, 15) is 4.79 Å². The van der Waals surface area contributed by atoms with E-state index in [0.29, 0.717) is 5.56 Å². The number of aromatic nitrogens is 2. The first-order chi connectivity index (χ1) is 8.75. The average Bonchev–Trinajstić information content (AvgIpc) is 2.40. The molecule has 4 nitrogen and oxygen atoms in total. The highest BCUT2D eigenvalue weighted by Gasteiger charge is 2.02. The van der Waals surface area contributed by atoms with Crippen LogP contribution in [0.15, 0.2) is 60.8 Å². The fourth-order valence-corrected chi connectivity index (χ4v) is 1.49. The Bertz CT molecular complexity index is 550. The van der Waals surface area contributed by atoms with E-state index in [4.69, 9.17) is 0 Å². The predicted molar refractivity (Wildman–Crippen MR) is 70.2 cm³/mol. The Balaban J connectivity index is 2.07. The van der Waals surface area contributed by atoms with Crippen molar-refractivity contribution in [3.8, 4) is 0 Å². The minimum Gasteiger partial charge on any atom is -0.359 e. The zero-order valence-corrected chi connectivity index (χ0v) is 10.00. The quantitative estimate of drug-likeness (QED) is 0.658. The van der Waals surface area contributed by atoms with Gasteiger partial charge in [-0.2, -0.15) is 0 Å². The molecule has 0 saturated heterocycles. The molecule has 0 aliphatic rings. The maximum Gasteiger partial charge on any atom is 0.189 e. The van der Waals surface area contributed by atoms with Crippen LogP contribution in [0.25, 0.3) is 0 Å². The fourth-order valence-electron chi connectivity index (χ4n) is 1.49. The van der Waals surface area contributed by atoms with Crippen molar-refractivity contribution in [1.29, 1.82) is 0 Å². The lowest BCUT2D eigenvalue weighted by Crippen LogP contribution is -2.01. The van der Waals surface area contributed by atoms with Crippen molar-refractivity contribution in [3.05, 3.63) is 66.4 Å². The van der Waals surface area contributed by atoms with Gasteiger partial charge < -0.3 is 5.32 Å². The monoisotopic (exact) mass is 239 g/mol. The van der Waals surface area contributed by atoms with Gasteiger partial charge in [-0.05, 0) is 31.2 Å². The van der Waals surface area contributed by atoms with Crippen molar-refractivity contribution < 1.29 is 4.79 Å². The van der Waals surface area contributed by atoms with Gasteiger partial charge in [-0.15, -0.1) is 0 Å². The molecule has 2 aromatic rings. The molecule has 0 fully saturated rings. The van der Waals surface area contributed by atoms with Crippen LogP contribution in [0, 0.1) is 0 Å². The number of hydrogen-bond acceptors (Lipinski definition) is 4. The van der Waals surface area contributed by atoms with Gasteiger partial charge in [0.1, 0.15) is 0 Å². The first kappa shape index (κ1) is 12.0. The van der Waals surface area contributed by atoms with Crippen molar-refractivity contribution in [1.82, 2.24) is 9.97 Å². The van der Waals surface area contributed by atoms with Crippen molar-refractivity contribution in [2.75, 3.05) is 5.32 Å². The van der Waals surface area contributed by atoms with Crippen molar-refractivity contribution in [3.63, 3.8) is 0 Å². The molecule has 0 bridgehead atoms. The van der Waals surface area contributed by atoms with Crippen LogP contribution in [0.4, 0.5) is 5.69 Å². The van der Waals surface area contributed by atoms with Gasteiger partial charge in [-0.3, -0.25) is 14.8 Å². The number of nitrogens with zero attached hydrogens (tertiary/aromatic N) is 2. The maximum absolute atomic E-state index is 11.9. The Morgan fingerprint density at radius 3 is 2.61 bits per heavy atom. The van der Waals surface area contributed by atoms with E-state index in [2.05, 4.69) is 15.3 Å². The highest BCUT2D eigenvalue weighted by atomic mass is 16.1. The van der Waals surface area contributed by atoms with E-state index in [0.717, 1.165) is 11.4 Å². The first-order valence-electron chi connectivity index (χ1n) is 5.55. The van der Waals surface area contributed by atoms with Gasteiger partial charge in [0.2, 0.25) is 0 Å². The molecule has 0 unspecified atom stereocenters. The van der Waals surface area contributed by atoms with Crippen molar-refractivity contribution in [2.24, 2.45) is 0 Å². The van der Waals surface area contributed by atoms with Gasteiger partial charge in [0.15, 0.2) is 5.78 Å². The molecule has 18 heavy (non-hydrogen) atoms. The normalized spacial score (nSPS) is 11.1. The summed E-state index contributed by atoms with van der Waals surface area (Å²) in [6, 6.07) is 7.16. The Morgan fingerprint density at radius 1 is 1.17 bits per heavy atom. The summed E-state index contributed by atoms with van der Waals surface area (Å²) in [6.07, 6.45) is 8.13. The second-order valence-corrected chi connectivity index (χ2v) is 3.79. The number of ketones is 1. The topological polar surface area (TPSA) is 54.9 Å². The Labute approximate surface area is 105 Å². The lowest BCUT2D eigenvalue weighted by Gasteiger charge is -2.05. The number of allylic oxidation sites excluding steroid dienone is 2. The molecule has 2 heterocycles. The van der Waals surface area contributed by atoms with Crippen LogP contribution in [-0.2, 0) is 0 Å². The number of pyridine rings is 2. The molecule has 0 aliphatic carbocycles. The molecule has 0 aromatic carbocycles. The largest absolute Gasteiger partial charge is 0.359 e. The molecule has 0 radical (unpaired) electrons. The summed E-state index contributed by atoms with van der Waals surface area (Å²) < 4.78 is 0. The Kier molecular flexibility index (Phi) is 3.81. The molecule has 2 aromatic heterocycles. The highest BCUT2D eigenvalue weighted by Crippen LogP contribution is 2.08. The third-order valence-corrected chi connectivity index (χ3v) is 2.32. The van der Waals surface area contributed by atoms with Crippen LogP contribution in [0.2, 0.25) is 0 Å². The van der Waals surface area contributed by atoms with E-state index < -0.39 is 0 Å². The Hall–Kier alpha value is -2.49. The molecule has 4 heteroatoms. The number of anilines is 1. The van der Waals surface area contributed by atoms with Crippen molar-refractivity contribution in [2.45, 2.75) is 6.92 Å². The van der Waals surface area contributed by atoms with Gasteiger partial charge in [0.05, 0.1) is 0 Å². The second-order valence-electron chi connectivity index (χ2n) is 3.79. The third-order valence-electron chi connectivity index (χ3n) is 2.32. The van der Waals surface area contributed by atoms with Crippen LogP contribution in [0.3, 0.4) is 0 Å². The number of carbonyl (C=O) groups excluding carboxylic acids is 1. The van der Waals surface area contributed by atoms with Crippen LogP contribution >= 0.6 is 0 Å². The summed E-state index contributed by atoms with van der Waals surface area (Å²) in [5.74, 6) is -0.0674. The van der Waals surface area contributed by atoms with Gasteiger partial charge >= 0.3 is 0 Å². The van der Waals surface area contributed by atoms with Gasteiger partial charge in [-0.1, -0.05) is 0 Å². The van der Waals surface area contributed by atoms with E-state index in [1.165, 1.54) is 0 Å². The molecule has 1 N–H and O–H groups in total. The summed E-state index contributed by atoms with van der Waals surface area (Å²) in [7, 11) is 0. The number of hydrogen-bond donors (Lipinski definition) is 1. The van der Waals surface area contributed by atoms with E-state index >= 15 is 0 Å². The van der Waals surface area contributed by atoms with Crippen LogP contribution in [0.5, 0.6) is 0 Å². The summed E-state index contributed by atoms with van der Waals surface area (Å²) in [4.78, 5) is 19.7. The number of rotatable bonds is 4. The summed E-state index contributed by atoms with van der Waals surface area (Å²) in [5.41, 5.74) is 2.25. The van der Waals surface area contributed by atoms with Crippen molar-refractivity contribution >= 4 is 11.5 Å². The third kappa shape index (κ3) is 3.25. The molecule has 0 saturated carbocycles. The summed E-state index contributed by atoms with van der Waals surface area (Å²) >= 11 is 0. The maximum atomic E-state index is 11.9. The van der Waals surface area contributed by atoms with Crippen LogP contribution in [0.1, 0.15) is 17.3 Å². The molecule has 0 spiro atoms. The molecule has 0 amide bonds. The Morgan fingerprint density at radius 2 is 1.94 bits per heavy atom. The lowest BCUT2D eigenvalue weighted by atomic mass is 10.1. The SMILES string of the molecule is C/C(=C\C(=O)c1cccnc1)Nc1ccncc1. The lowest BCUT2D eigenvalue weighted by molar-refractivity contribution is 0.104. The molecule has 0 atom stereocenters. The zero-order chi connectivity index (χ0) is 12.8. The second kappa shape index (κ2) is 5.72. The molecular weight excluding hydrogens is 226 g/mol. The molecule has 90 valence electrons. The van der Waals surface area contributed by atoms with Crippen LogP contribution in [-0.4, -0.2) is 15.8 Å². The minimum absolute atomic E-state index is 0.0674. The van der Waals surface area contributed by atoms with Gasteiger partial charge in [-0.25, -0.2) is 0 Å². The van der Waals surface area contributed by atoms with Gasteiger partial charge in [0.25, 0.3) is 0 Å². The predicted octanol–water partition coefficient (Wildman–Crippen LogP) is 2.68. The number of carbonyl (C=O) groups is 1. The van der Waals surface area contributed by atoms with Crippen LogP contribution < -0.4 is 5.32 Å². The molecular formula is C14H13N3O. The molecule has 2 rings (SSSR count). The first-order valence-corrected chi connectivity index (χ1v) is 5.55. The number of nitrogens with one attached hydrogen (secondary N) is 1. The smallest absolute Gasteiger partial charge is 0.189 e. The van der Waals surface area contributed by atoms with E-state index in [1.807, 2.05) is 19.1 Å². The van der Waals surface area contributed by atoms with E-state index in [-0.39, 0.29) is 5.78 Å². The minimum atomic E-state index is -0.0674. The summed E-state index contributed by atoms with van der Waals surface area (Å²) in [6.45, 7) is 1.84. The highest BCUT2D eigenvalue weighted by molar-refractivity contribution is 6.04. The standard InChI is InChI=1S/C14H13N3O/c1-11(17-13-4-7-15-8-5-13)9-14(18)12-3-2-6-16-10-12/h2-10H,1H3,(H,15,17)/b11-9+. The summed E-state index contributed by atoms with van der Waals surface area (Å²) in [5, 5.41) is 3.12. The average molecular weight is 239 g/mol. The zero-order valence-electron chi connectivity index (χ0n) is 10.00. The fraction of sp³-hybridized carbons (Fsp3) is 0.0714. The van der Waals surface area contributed by atoms with E-state index in [1.54, 1.807) is 43.0 Å². The van der Waals surface area contributed by atoms with Gasteiger partial charge in [0, 0.05) is 47.8 Å². The molecule has 0 aliphatic heterocycles.